The quantitative estimate of drug-likeness (QED) is 0.794. The number of hydrogen-bond donors (Lipinski definition) is 1. The molecule has 1 N–H and O–H groups in total. The number of carbonyl (C=O) groups is 3. The van der Waals surface area contributed by atoms with E-state index in [2.05, 4.69) is 5.32 Å². The van der Waals surface area contributed by atoms with Crippen molar-refractivity contribution in [2.45, 2.75) is 52.2 Å². The third-order valence-corrected chi connectivity index (χ3v) is 4.44. The Kier molecular flexibility index (Phi) is 6.74. The fraction of sp³-hybridized carbons (Fsp3) is 0.550. The number of hydrogen-bond acceptors (Lipinski definition) is 4. The molecule has 154 valence electrons. The summed E-state index contributed by atoms with van der Waals surface area (Å²) in [4.78, 5) is 38.2. The first kappa shape index (κ1) is 21.8. The van der Waals surface area contributed by atoms with Gasteiger partial charge in [-0.3, -0.25) is 14.4 Å². The summed E-state index contributed by atoms with van der Waals surface area (Å²) in [5, 5.41) is 2.75. The molecular weight excluding hydrogens is 370 g/mol. The molecule has 1 heterocycles. The van der Waals surface area contributed by atoms with Crippen molar-refractivity contribution in [3.8, 4) is 0 Å². The zero-order valence-electron chi connectivity index (χ0n) is 16.6. The van der Waals surface area contributed by atoms with Crippen LogP contribution in [0.5, 0.6) is 0 Å². The van der Waals surface area contributed by atoms with Crippen molar-refractivity contribution in [1.82, 2.24) is 10.2 Å². The van der Waals surface area contributed by atoms with Gasteiger partial charge < -0.3 is 15.0 Å². The average Bonchev–Trinajstić information content (AvgIpc) is 2.59. The van der Waals surface area contributed by atoms with E-state index in [9.17, 15) is 23.2 Å². The minimum atomic E-state index is -0.917. The zero-order chi connectivity index (χ0) is 21.1. The maximum Gasteiger partial charge on any atom is 0.309 e. The van der Waals surface area contributed by atoms with Gasteiger partial charge in [0.15, 0.2) is 6.10 Å². The number of ether oxygens (including phenoxy) is 1. The number of amides is 2. The van der Waals surface area contributed by atoms with E-state index in [0.717, 1.165) is 12.1 Å². The highest BCUT2D eigenvalue weighted by Crippen LogP contribution is 2.22. The minimum Gasteiger partial charge on any atom is -0.452 e. The molecule has 8 heteroatoms. The number of nitrogens with one attached hydrogen (secondary N) is 1. The molecule has 1 atom stereocenters. The minimum absolute atomic E-state index is 0.199. The Morgan fingerprint density at radius 1 is 1.18 bits per heavy atom. The van der Waals surface area contributed by atoms with Crippen molar-refractivity contribution in [3.05, 3.63) is 35.4 Å². The molecule has 1 saturated heterocycles. The second kappa shape index (κ2) is 8.67. The van der Waals surface area contributed by atoms with E-state index >= 15 is 0 Å². The van der Waals surface area contributed by atoms with Crippen molar-refractivity contribution in [1.29, 1.82) is 0 Å². The largest absolute Gasteiger partial charge is 0.452 e. The molecule has 0 spiro atoms. The predicted molar refractivity (Wildman–Crippen MR) is 98.4 cm³/mol. The number of piperidine rings is 1. The van der Waals surface area contributed by atoms with Crippen LogP contribution >= 0.6 is 0 Å². The van der Waals surface area contributed by atoms with E-state index in [-0.39, 0.29) is 24.6 Å². The lowest BCUT2D eigenvalue weighted by Gasteiger charge is -2.31. The molecule has 2 amide bonds. The van der Waals surface area contributed by atoms with Crippen LogP contribution in [0.3, 0.4) is 0 Å². The van der Waals surface area contributed by atoms with E-state index in [1.165, 1.54) is 11.8 Å². The monoisotopic (exact) mass is 396 g/mol. The average molecular weight is 396 g/mol. The first-order valence-electron chi connectivity index (χ1n) is 9.25. The third kappa shape index (κ3) is 5.74. The van der Waals surface area contributed by atoms with Crippen molar-refractivity contribution in [2.24, 2.45) is 5.92 Å². The second-order valence-corrected chi connectivity index (χ2v) is 8.01. The smallest absolute Gasteiger partial charge is 0.309 e. The molecular formula is C20H26F2N2O4. The molecule has 0 aromatic heterocycles. The summed E-state index contributed by atoms with van der Waals surface area (Å²) in [6.07, 6.45) is -0.221. The van der Waals surface area contributed by atoms with Gasteiger partial charge in [-0.25, -0.2) is 8.78 Å². The van der Waals surface area contributed by atoms with Gasteiger partial charge in [0.25, 0.3) is 11.8 Å². The maximum absolute atomic E-state index is 13.8. The fourth-order valence-electron chi connectivity index (χ4n) is 2.95. The summed E-state index contributed by atoms with van der Waals surface area (Å²) >= 11 is 0. The molecule has 0 bridgehead atoms. The topological polar surface area (TPSA) is 75.7 Å². The van der Waals surface area contributed by atoms with Gasteiger partial charge in [-0.15, -0.1) is 0 Å². The first-order valence-corrected chi connectivity index (χ1v) is 9.25. The van der Waals surface area contributed by atoms with Gasteiger partial charge in [0, 0.05) is 24.7 Å². The van der Waals surface area contributed by atoms with E-state index in [4.69, 9.17) is 4.74 Å². The highest BCUT2D eigenvalue weighted by Gasteiger charge is 2.32. The number of rotatable bonds is 4. The standard InChI is InChI=1S/C20H26F2N2O4/c1-12(17(25)23-20(2,3)4)28-19(27)13-7-9-24(10-8-13)18(26)15-6-5-14(21)11-16(15)22/h5-6,11-13H,7-10H2,1-4H3,(H,23,25)/t12-/m0/s1. The van der Waals surface area contributed by atoms with Gasteiger partial charge in [-0.2, -0.15) is 0 Å². The summed E-state index contributed by atoms with van der Waals surface area (Å²) in [7, 11) is 0. The molecule has 1 aromatic rings. The van der Waals surface area contributed by atoms with E-state index in [1.807, 2.05) is 20.8 Å². The molecule has 0 radical (unpaired) electrons. The Morgan fingerprint density at radius 3 is 2.32 bits per heavy atom. The Balaban J connectivity index is 1.88. The third-order valence-electron chi connectivity index (χ3n) is 4.44. The lowest BCUT2D eigenvalue weighted by Crippen LogP contribution is -2.47. The highest BCUT2D eigenvalue weighted by atomic mass is 19.1. The van der Waals surface area contributed by atoms with Crippen molar-refractivity contribution >= 4 is 17.8 Å². The van der Waals surface area contributed by atoms with E-state index < -0.39 is 41.1 Å². The summed E-state index contributed by atoms with van der Waals surface area (Å²) < 4.78 is 32.1. The second-order valence-electron chi connectivity index (χ2n) is 8.01. The van der Waals surface area contributed by atoms with Gasteiger partial charge in [0.1, 0.15) is 11.6 Å². The fourth-order valence-corrected chi connectivity index (χ4v) is 2.95. The lowest BCUT2D eigenvalue weighted by atomic mass is 9.96. The van der Waals surface area contributed by atoms with Crippen molar-refractivity contribution in [2.75, 3.05) is 13.1 Å². The Hall–Kier alpha value is -2.51. The van der Waals surface area contributed by atoms with Gasteiger partial charge in [-0.1, -0.05) is 0 Å². The van der Waals surface area contributed by atoms with E-state index in [1.54, 1.807) is 0 Å². The summed E-state index contributed by atoms with van der Waals surface area (Å²) in [6.45, 7) is 7.49. The number of halogens is 2. The van der Waals surface area contributed by atoms with Crippen LogP contribution in [0.1, 0.15) is 50.9 Å². The highest BCUT2D eigenvalue weighted by molar-refractivity contribution is 5.94. The number of carbonyl (C=O) groups excluding carboxylic acids is 3. The van der Waals surface area contributed by atoms with Crippen LogP contribution in [0.4, 0.5) is 8.78 Å². The Labute approximate surface area is 163 Å². The molecule has 1 aromatic carbocycles. The predicted octanol–water partition coefficient (Wildman–Crippen LogP) is 2.66. The first-order chi connectivity index (χ1) is 13.0. The van der Waals surface area contributed by atoms with Crippen LogP contribution in [0.15, 0.2) is 18.2 Å². The molecule has 1 aliphatic rings. The van der Waals surface area contributed by atoms with Gasteiger partial charge in [-0.05, 0) is 52.7 Å². The number of nitrogens with zero attached hydrogens (tertiary/aromatic N) is 1. The van der Waals surface area contributed by atoms with Crippen molar-refractivity contribution in [3.63, 3.8) is 0 Å². The van der Waals surface area contributed by atoms with Gasteiger partial charge >= 0.3 is 5.97 Å². The summed E-state index contributed by atoms with van der Waals surface area (Å²) in [5.41, 5.74) is -0.631. The van der Waals surface area contributed by atoms with Crippen LogP contribution in [-0.2, 0) is 14.3 Å². The van der Waals surface area contributed by atoms with Gasteiger partial charge in [0.05, 0.1) is 11.5 Å². The molecule has 1 fully saturated rings. The SMILES string of the molecule is C[C@H](OC(=O)C1CCN(C(=O)c2ccc(F)cc2F)CC1)C(=O)NC(C)(C)C. The lowest BCUT2D eigenvalue weighted by molar-refractivity contribution is -0.160. The molecule has 6 nitrogen and oxygen atoms in total. The zero-order valence-corrected chi connectivity index (χ0v) is 16.6. The number of esters is 1. The maximum atomic E-state index is 13.8. The number of likely N-dealkylation sites (tertiary alicyclic amines) is 1. The van der Waals surface area contributed by atoms with Crippen LogP contribution in [0, 0.1) is 17.6 Å². The normalized spacial score (nSPS) is 16.4. The Morgan fingerprint density at radius 2 is 1.79 bits per heavy atom. The molecule has 0 aliphatic carbocycles. The van der Waals surface area contributed by atoms with Crippen LogP contribution in [0.25, 0.3) is 0 Å². The van der Waals surface area contributed by atoms with Crippen LogP contribution in [0.2, 0.25) is 0 Å². The van der Waals surface area contributed by atoms with Crippen molar-refractivity contribution < 1.29 is 27.9 Å². The Bertz CT molecular complexity index is 753. The van der Waals surface area contributed by atoms with Crippen LogP contribution < -0.4 is 5.32 Å². The van der Waals surface area contributed by atoms with Crippen LogP contribution in [-0.4, -0.2) is 47.4 Å². The summed E-state index contributed by atoms with van der Waals surface area (Å²) in [5.74, 6) is -3.50. The number of benzene rings is 1. The molecule has 28 heavy (non-hydrogen) atoms. The summed E-state index contributed by atoms with van der Waals surface area (Å²) in [6, 6.07) is 2.81. The molecule has 2 rings (SSSR count). The van der Waals surface area contributed by atoms with Gasteiger partial charge in [0.2, 0.25) is 0 Å². The van der Waals surface area contributed by atoms with E-state index in [0.29, 0.717) is 18.9 Å². The molecule has 0 unspecified atom stereocenters. The molecule has 0 saturated carbocycles. The molecule has 1 aliphatic heterocycles.